The summed E-state index contributed by atoms with van der Waals surface area (Å²) in [5, 5.41) is 2.77. The maximum Gasteiger partial charge on any atom is 0.268 e. The van der Waals surface area contributed by atoms with Crippen molar-refractivity contribution in [2.24, 2.45) is 0 Å². The Morgan fingerprint density at radius 1 is 0.867 bits per heavy atom. The number of carbonyl (C=O) groups excluding carboxylic acids is 1. The number of hydrogen-bond donors (Lipinski definition) is 2. The summed E-state index contributed by atoms with van der Waals surface area (Å²) >= 11 is 1.24. The van der Waals surface area contributed by atoms with E-state index < -0.39 is 10.0 Å². The summed E-state index contributed by atoms with van der Waals surface area (Å²) in [7, 11) is -3.84. The number of nitrogens with one attached hydrogen (secondary N) is 2. The molecule has 2 heterocycles. The van der Waals surface area contributed by atoms with E-state index in [0.717, 1.165) is 5.56 Å². The third-order valence-electron chi connectivity index (χ3n) is 4.03. The number of anilines is 2. The van der Waals surface area contributed by atoms with Gasteiger partial charge in [0, 0.05) is 23.6 Å². The maximum absolute atomic E-state index is 12.7. The Balaban J connectivity index is 1.49. The lowest BCUT2D eigenvalue weighted by Gasteiger charge is -2.08. The highest BCUT2D eigenvalue weighted by atomic mass is 32.2. The Morgan fingerprint density at radius 2 is 1.57 bits per heavy atom. The van der Waals surface area contributed by atoms with Crippen molar-refractivity contribution in [2.75, 3.05) is 10.0 Å². The van der Waals surface area contributed by atoms with Crippen LogP contribution in [-0.2, 0) is 10.0 Å². The minimum atomic E-state index is -3.84. The van der Waals surface area contributed by atoms with Gasteiger partial charge in [-0.2, -0.15) is 0 Å². The second-order valence-corrected chi connectivity index (χ2v) is 8.59. The summed E-state index contributed by atoms with van der Waals surface area (Å²) < 4.78 is 27.2. The summed E-state index contributed by atoms with van der Waals surface area (Å²) in [6, 6.07) is 16.8. The highest BCUT2D eigenvalue weighted by Gasteiger charge is 2.18. The molecule has 0 fully saturated rings. The van der Waals surface area contributed by atoms with Crippen LogP contribution in [-0.4, -0.2) is 29.3 Å². The van der Waals surface area contributed by atoms with E-state index in [9.17, 15) is 13.2 Å². The summed E-state index contributed by atoms with van der Waals surface area (Å²) in [4.78, 5) is 25.2. The number of thiazole rings is 1. The molecule has 0 spiro atoms. The van der Waals surface area contributed by atoms with Crippen LogP contribution >= 0.6 is 11.3 Å². The molecule has 4 rings (SSSR count). The van der Waals surface area contributed by atoms with Crippen LogP contribution in [0.3, 0.4) is 0 Å². The smallest absolute Gasteiger partial charge is 0.268 e. The van der Waals surface area contributed by atoms with Gasteiger partial charge in [0.05, 0.1) is 16.1 Å². The number of amides is 1. The van der Waals surface area contributed by atoms with Gasteiger partial charge >= 0.3 is 0 Å². The van der Waals surface area contributed by atoms with Gasteiger partial charge in [-0.3, -0.25) is 4.79 Å². The van der Waals surface area contributed by atoms with E-state index in [1.165, 1.54) is 48.0 Å². The quantitative estimate of drug-likeness (QED) is 0.476. The van der Waals surface area contributed by atoms with Crippen LogP contribution < -0.4 is 10.0 Å². The second kappa shape index (κ2) is 8.39. The van der Waals surface area contributed by atoms with Crippen molar-refractivity contribution in [1.82, 2.24) is 15.0 Å². The fraction of sp³-hybridized carbons (Fsp3) is 0. The van der Waals surface area contributed by atoms with Crippen molar-refractivity contribution in [2.45, 2.75) is 4.90 Å². The molecule has 0 saturated heterocycles. The van der Waals surface area contributed by atoms with E-state index in [2.05, 4.69) is 25.0 Å². The monoisotopic (exact) mass is 437 g/mol. The third kappa shape index (κ3) is 4.34. The molecular formula is C20H15N5O3S2. The van der Waals surface area contributed by atoms with E-state index in [-0.39, 0.29) is 16.8 Å². The molecule has 150 valence electrons. The molecule has 0 saturated carbocycles. The first-order valence-electron chi connectivity index (χ1n) is 8.73. The fourth-order valence-electron chi connectivity index (χ4n) is 2.65. The van der Waals surface area contributed by atoms with Crippen molar-refractivity contribution in [1.29, 1.82) is 0 Å². The highest BCUT2D eigenvalue weighted by molar-refractivity contribution is 7.92. The molecule has 30 heavy (non-hydrogen) atoms. The molecule has 10 heteroatoms. The van der Waals surface area contributed by atoms with Crippen LogP contribution in [0.1, 0.15) is 9.67 Å². The van der Waals surface area contributed by atoms with Crippen molar-refractivity contribution >= 4 is 38.9 Å². The number of sulfonamides is 1. The summed E-state index contributed by atoms with van der Waals surface area (Å²) in [6.45, 7) is 0. The minimum Gasteiger partial charge on any atom is -0.321 e. The summed E-state index contributed by atoms with van der Waals surface area (Å²) in [6.07, 6.45) is 2.87. The van der Waals surface area contributed by atoms with Crippen molar-refractivity contribution < 1.29 is 13.2 Å². The molecule has 0 unspecified atom stereocenters. The molecule has 0 radical (unpaired) electrons. The van der Waals surface area contributed by atoms with Crippen molar-refractivity contribution in [3.8, 4) is 11.3 Å². The topological polar surface area (TPSA) is 114 Å². The van der Waals surface area contributed by atoms with Gasteiger partial charge in [-0.05, 0) is 30.3 Å². The first-order chi connectivity index (χ1) is 14.5. The predicted octanol–water partition coefficient (Wildman–Crippen LogP) is 3.65. The molecule has 0 atom stereocenters. The SMILES string of the molecule is O=C(Nc1ccc(S(=O)(=O)Nc2ncccn2)cc1)c1scnc1-c1ccccc1. The Labute approximate surface area is 176 Å². The zero-order valence-corrected chi connectivity index (χ0v) is 17.0. The molecule has 2 aromatic carbocycles. The van der Waals surface area contributed by atoms with Crippen LogP contribution in [0.4, 0.5) is 11.6 Å². The van der Waals surface area contributed by atoms with Gasteiger partial charge < -0.3 is 5.32 Å². The first-order valence-corrected chi connectivity index (χ1v) is 11.1. The Kier molecular flexibility index (Phi) is 5.50. The zero-order valence-electron chi connectivity index (χ0n) is 15.4. The number of rotatable bonds is 6. The van der Waals surface area contributed by atoms with Crippen LogP contribution in [0.15, 0.2) is 83.5 Å². The molecule has 0 aliphatic rings. The molecule has 2 aromatic heterocycles. The lowest BCUT2D eigenvalue weighted by molar-refractivity contribution is 0.103. The zero-order chi connectivity index (χ0) is 21.0. The Hall–Kier alpha value is -3.63. The Morgan fingerprint density at radius 3 is 2.27 bits per heavy atom. The largest absolute Gasteiger partial charge is 0.321 e. The number of benzene rings is 2. The lowest BCUT2D eigenvalue weighted by Crippen LogP contribution is -2.15. The fourth-order valence-corrected chi connectivity index (χ4v) is 4.31. The summed E-state index contributed by atoms with van der Waals surface area (Å²) in [5.74, 6) is -0.337. The van der Waals surface area contributed by atoms with E-state index in [1.807, 2.05) is 30.3 Å². The highest BCUT2D eigenvalue weighted by Crippen LogP contribution is 2.26. The van der Waals surface area contributed by atoms with Crippen LogP contribution in [0, 0.1) is 0 Å². The summed E-state index contributed by atoms with van der Waals surface area (Å²) in [5.41, 5.74) is 3.52. The van der Waals surface area contributed by atoms with Crippen molar-refractivity contribution in [3.05, 3.63) is 83.4 Å². The van der Waals surface area contributed by atoms with E-state index in [4.69, 9.17) is 0 Å². The number of hydrogen-bond acceptors (Lipinski definition) is 7. The van der Waals surface area contributed by atoms with Gasteiger partial charge in [0.15, 0.2) is 0 Å². The van der Waals surface area contributed by atoms with Gasteiger partial charge in [-0.1, -0.05) is 30.3 Å². The third-order valence-corrected chi connectivity index (χ3v) is 6.20. The standard InChI is InChI=1S/C20H15N5O3S2/c26-19(18-17(23-13-29-18)14-5-2-1-3-6-14)24-15-7-9-16(10-8-15)30(27,28)25-20-21-11-4-12-22-20/h1-13H,(H,24,26)(H,21,22,25). The molecule has 8 nitrogen and oxygen atoms in total. The molecular weight excluding hydrogens is 422 g/mol. The van der Waals surface area contributed by atoms with Crippen LogP contribution in [0.2, 0.25) is 0 Å². The van der Waals surface area contributed by atoms with E-state index >= 15 is 0 Å². The molecule has 2 N–H and O–H groups in total. The molecule has 0 bridgehead atoms. The average Bonchev–Trinajstić information content (AvgIpc) is 3.25. The molecule has 1 amide bonds. The molecule has 0 aliphatic carbocycles. The minimum absolute atomic E-state index is 0.0199. The average molecular weight is 438 g/mol. The number of nitrogens with zero attached hydrogens (tertiary/aromatic N) is 3. The van der Waals surface area contributed by atoms with E-state index in [0.29, 0.717) is 16.3 Å². The van der Waals surface area contributed by atoms with Crippen molar-refractivity contribution in [3.63, 3.8) is 0 Å². The Bertz CT molecular complexity index is 1260. The van der Waals surface area contributed by atoms with E-state index in [1.54, 1.807) is 11.6 Å². The number of aromatic nitrogens is 3. The first kappa shape index (κ1) is 19.7. The van der Waals surface area contributed by atoms with Gasteiger partial charge in [-0.15, -0.1) is 11.3 Å². The maximum atomic E-state index is 12.7. The van der Waals surface area contributed by atoms with Gasteiger partial charge in [0.2, 0.25) is 5.95 Å². The predicted molar refractivity (Wildman–Crippen MR) is 115 cm³/mol. The van der Waals surface area contributed by atoms with Gasteiger partial charge in [-0.25, -0.2) is 28.1 Å². The second-order valence-electron chi connectivity index (χ2n) is 6.05. The number of carbonyl (C=O) groups is 1. The molecule has 4 aromatic rings. The van der Waals surface area contributed by atoms with Crippen LogP contribution in [0.5, 0.6) is 0 Å². The lowest BCUT2D eigenvalue weighted by atomic mass is 10.1. The molecule has 0 aliphatic heterocycles. The van der Waals surface area contributed by atoms with Gasteiger partial charge in [0.25, 0.3) is 15.9 Å². The van der Waals surface area contributed by atoms with Crippen LogP contribution in [0.25, 0.3) is 11.3 Å². The normalized spacial score (nSPS) is 11.1. The van der Waals surface area contributed by atoms with Gasteiger partial charge in [0.1, 0.15) is 4.88 Å².